The van der Waals surface area contributed by atoms with Crippen LogP contribution in [-0.2, 0) is 14.3 Å². The second-order valence-electron chi connectivity index (χ2n) is 8.13. The van der Waals surface area contributed by atoms with E-state index in [1.54, 1.807) is 53.4 Å². The van der Waals surface area contributed by atoms with E-state index < -0.39 is 5.92 Å². The number of hydrogen-bond donors (Lipinski definition) is 2. The molecule has 2 N–H and O–H groups in total. The topological polar surface area (TPSA) is 91.0 Å². The van der Waals surface area contributed by atoms with Crippen LogP contribution >= 0.6 is 11.6 Å². The molecule has 2 heterocycles. The Hall–Kier alpha value is -2.94. The SMILES string of the molecule is O=C(NCCN1CCOCC1)c1ccccc1NC(=O)[C@@H]1CC(=O)N(c2ccc(Cl)cc2)C1. The first-order valence-electron chi connectivity index (χ1n) is 11.1. The molecule has 0 radical (unpaired) electrons. The molecule has 8 nitrogen and oxygen atoms in total. The third kappa shape index (κ3) is 5.90. The maximum Gasteiger partial charge on any atom is 0.253 e. The molecule has 2 aliphatic heterocycles. The quantitative estimate of drug-likeness (QED) is 0.648. The van der Waals surface area contributed by atoms with E-state index in [1.807, 2.05) is 0 Å². The van der Waals surface area contributed by atoms with Crippen LogP contribution in [0.2, 0.25) is 5.02 Å². The van der Waals surface area contributed by atoms with Gasteiger partial charge in [0.15, 0.2) is 0 Å². The fourth-order valence-corrected chi connectivity index (χ4v) is 4.15. The van der Waals surface area contributed by atoms with Gasteiger partial charge in [0.1, 0.15) is 0 Å². The van der Waals surface area contributed by atoms with E-state index in [4.69, 9.17) is 16.3 Å². The summed E-state index contributed by atoms with van der Waals surface area (Å²) in [4.78, 5) is 42.0. The van der Waals surface area contributed by atoms with Crippen LogP contribution in [-0.4, -0.2) is 68.6 Å². The van der Waals surface area contributed by atoms with Crippen LogP contribution in [0.4, 0.5) is 11.4 Å². The van der Waals surface area contributed by atoms with Crippen molar-refractivity contribution in [2.24, 2.45) is 5.92 Å². The van der Waals surface area contributed by atoms with E-state index in [2.05, 4.69) is 15.5 Å². The molecule has 0 aromatic heterocycles. The number of carbonyl (C=O) groups is 3. The van der Waals surface area contributed by atoms with Gasteiger partial charge >= 0.3 is 0 Å². The van der Waals surface area contributed by atoms with E-state index in [-0.39, 0.29) is 30.7 Å². The minimum atomic E-state index is -0.509. The van der Waals surface area contributed by atoms with Gasteiger partial charge < -0.3 is 20.3 Å². The van der Waals surface area contributed by atoms with Gasteiger partial charge in [-0.2, -0.15) is 0 Å². The fourth-order valence-electron chi connectivity index (χ4n) is 4.03. The molecule has 4 rings (SSSR count). The number of morpholine rings is 1. The predicted molar refractivity (Wildman–Crippen MR) is 127 cm³/mol. The molecular weight excluding hydrogens is 444 g/mol. The lowest BCUT2D eigenvalue weighted by molar-refractivity contribution is -0.122. The van der Waals surface area contributed by atoms with Crippen LogP contribution < -0.4 is 15.5 Å². The van der Waals surface area contributed by atoms with E-state index in [1.165, 1.54) is 0 Å². The van der Waals surface area contributed by atoms with Gasteiger partial charge in [-0.25, -0.2) is 0 Å². The molecule has 0 spiro atoms. The van der Waals surface area contributed by atoms with Gasteiger partial charge in [0.2, 0.25) is 11.8 Å². The maximum atomic E-state index is 12.9. The molecule has 2 fully saturated rings. The normalized spacial score (nSPS) is 18.9. The van der Waals surface area contributed by atoms with Gasteiger partial charge in [-0.1, -0.05) is 23.7 Å². The Kier molecular flexibility index (Phi) is 7.59. The molecule has 0 saturated carbocycles. The number of nitrogens with one attached hydrogen (secondary N) is 2. The molecule has 2 aliphatic rings. The van der Waals surface area contributed by atoms with Crippen LogP contribution in [0.5, 0.6) is 0 Å². The number of hydrogen-bond acceptors (Lipinski definition) is 5. The summed E-state index contributed by atoms with van der Waals surface area (Å²) in [6.07, 6.45) is 0.113. The van der Waals surface area contributed by atoms with E-state index in [0.29, 0.717) is 41.7 Å². The largest absolute Gasteiger partial charge is 0.379 e. The predicted octanol–water partition coefficient (Wildman–Crippen LogP) is 2.39. The van der Waals surface area contributed by atoms with E-state index in [0.717, 1.165) is 19.6 Å². The minimum absolute atomic E-state index is 0.113. The first-order chi connectivity index (χ1) is 16.0. The van der Waals surface area contributed by atoms with Crippen LogP contribution in [0.15, 0.2) is 48.5 Å². The van der Waals surface area contributed by atoms with Crippen molar-refractivity contribution in [1.82, 2.24) is 10.2 Å². The van der Waals surface area contributed by atoms with Crippen molar-refractivity contribution >= 4 is 40.7 Å². The van der Waals surface area contributed by atoms with Gasteiger partial charge in [-0.3, -0.25) is 19.3 Å². The third-order valence-corrected chi connectivity index (χ3v) is 6.13. The van der Waals surface area contributed by atoms with Crippen LogP contribution in [0.3, 0.4) is 0 Å². The van der Waals surface area contributed by atoms with Crippen molar-refractivity contribution in [1.29, 1.82) is 0 Å². The Morgan fingerprint density at radius 3 is 2.55 bits per heavy atom. The number of anilines is 2. The number of halogens is 1. The molecule has 2 saturated heterocycles. The highest BCUT2D eigenvalue weighted by Crippen LogP contribution is 2.27. The van der Waals surface area contributed by atoms with Crippen LogP contribution in [0.1, 0.15) is 16.8 Å². The van der Waals surface area contributed by atoms with Gasteiger partial charge in [0.25, 0.3) is 5.91 Å². The summed E-state index contributed by atoms with van der Waals surface area (Å²) in [5.41, 5.74) is 1.54. The molecule has 174 valence electrons. The third-order valence-electron chi connectivity index (χ3n) is 5.88. The molecule has 3 amide bonds. The second-order valence-corrected chi connectivity index (χ2v) is 8.56. The van der Waals surface area contributed by atoms with Crippen molar-refractivity contribution in [3.05, 3.63) is 59.1 Å². The van der Waals surface area contributed by atoms with Crippen molar-refractivity contribution in [3.63, 3.8) is 0 Å². The van der Waals surface area contributed by atoms with Crippen molar-refractivity contribution in [2.45, 2.75) is 6.42 Å². The standard InChI is InChI=1S/C24H27ClN4O4/c25-18-5-7-19(8-6-18)29-16-17(15-22(29)30)23(31)27-21-4-2-1-3-20(21)24(32)26-9-10-28-11-13-33-14-12-28/h1-8,17H,9-16H2,(H,26,32)(H,27,31)/t17-/m1/s1. The fraction of sp³-hybridized carbons (Fsp3) is 0.375. The average molecular weight is 471 g/mol. The van der Waals surface area contributed by atoms with Gasteiger partial charge in [-0.05, 0) is 36.4 Å². The highest BCUT2D eigenvalue weighted by molar-refractivity contribution is 6.30. The number of rotatable bonds is 7. The summed E-state index contributed by atoms with van der Waals surface area (Å²) in [6.45, 7) is 4.66. The number of para-hydroxylation sites is 1. The van der Waals surface area contributed by atoms with Crippen molar-refractivity contribution < 1.29 is 19.1 Å². The first kappa shape index (κ1) is 23.2. The Balaban J connectivity index is 1.35. The number of amides is 3. The zero-order valence-corrected chi connectivity index (χ0v) is 19.0. The second kappa shape index (κ2) is 10.8. The summed E-state index contributed by atoms with van der Waals surface area (Å²) in [7, 11) is 0. The monoisotopic (exact) mass is 470 g/mol. The van der Waals surface area contributed by atoms with Gasteiger partial charge in [0, 0.05) is 49.9 Å². The molecule has 33 heavy (non-hydrogen) atoms. The summed E-state index contributed by atoms with van der Waals surface area (Å²) >= 11 is 5.93. The summed E-state index contributed by atoms with van der Waals surface area (Å²) in [5.74, 6) is -1.16. The molecule has 0 aliphatic carbocycles. The highest BCUT2D eigenvalue weighted by Gasteiger charge is 2.35. The first-order valence-corrected chi connectivity index (χ1v) is 11.4. The summed E-state index contributed by atoms with van der Waals surface area (Å²) in [6, 6.07) is 13.8. The molecule has 2 aromatic rings. The van der Waals surface area contributed by atoms with E-state index >= 15 is 0 Å². The average Bonchev–Trinajstić information content (AvgIpc) is 3.22. The smallest absolute Gasteiger partial charge is 0.253 e. The molecule has 0 bridgehead atoms. The van der Waals surface area contributed by atoms with Gasteiger partial charge in [0.05, 0.1) is 30.4 Å². The van der Waals surface area contributed by atoms with Crippen LogP contribution in [0, 0.1) is 5.92 Å². The van der Waals surface area contributed by atoms with Crippen molar-refractivity contribution in [3.8, 4) is 0 Å². The highest BCUT2D eigenvalue weighted by atomic mass is 35.5. The lowest BCUT2D eigenvalue weighted by atomic mass is 10.1. The molecule has 9 heteroatoms. The van der Waals surface area contributed by atoms with E-state index in [9.17, 15) is 14.4 Å². The lowest BCUT2D eigenvalue weighted by Gasteiger charge is -2.26. The number of nitrogens with zero attached hydrogens (tertiary/aromatic N) is 2. The lowest BCUT2D eigenvalue weighted by Crippen LogP contribution is -2.41. The number of carbonyl (C=O) groups excluding carboxylic acids is 3. The summed E-state index contributed by atoms with van der Waals surface area (Å²) < 4.78 is 5.34. The van der Waals surface area contributed by atoms with Crippen molar-refractivity contribution in [2.75, 3.05) is 56.2 Å². The zero-order valence-electron chi connectivity index (χ0n) is 18.3. The molecule has 0 unspecified atom stereocenters. The van der Waals surface area contributed by atoms with Gasteiger partial charge in [-0.15, -0.1) is 0 Å². The Labute approximate surface area is 197 Å². The summed E-state index contributed by atoms with van der Waals surface area (Å²) in [5, 5.41) is 6.35. The minimum Gasteiger partial charge on any atom is -0.379 e. The Bertz CT molecular complexity index is 1010. The Morgan fingerprint density at radius 2 is 1.79 bits per heavy atom. The zero-order chi connectivity index (χ0) is 23.2. The molecular formula is C24H27ClN4O4. The number of ether oxygens (including phenoxy) is 1. The Morgan fingerprint density at radius 1 is 1.06 bits per heavy atom. The molecule has 2 aromatic carbocycles. The maximum absolute atomic E-state index is 12.9. The number of benzene rings is 2. The van der Waals surface area contributed by atoms with Crippen LogP contribution in [0.25, 0.3) is 0 Å². The molecule has 1 atom stereocenters.